The molecule has 4 nitrogen and oxygen atoms in total. The smallest absolute Gasteiger partial charge is 0.341 e. The molecule has 2 aromatic rings. The zero-order chi connectivity index (χ0) is 12.4. The first kappa shape index (κ1) is 11.3. The van der Waals surface area contributed by atoms with E-state index in [2.05, 4.69) is 5.16 Å². The average molecular weight is 235 g/mol. The van der Waals surface area contributed by atoms with Gasteiger partial charge in [-0.25, -0.2) is 9.18 Å². The molecule has 17 heavy (non-hydrogen) atoms. The van der Waals surface area contributed by atoms with Crippen molar-refractivity contribution in [3.05, 3.63) is 41.3 Å². The lowest BCUT2D eigenvalue weighted by Crippen LogP contribution is -2.01. The van der Waals surface area contributed by atoms with Crippen LogP contribution in [0.4, 0.5) is 4.39 Å². The molecular formula is C12H10FNO3. The second-order valence-electron chi connectivity index (χ2n) is 3.47. The first-order valence-corrected chi connectivity index (χ1v) is 5.12. The minimum absolute atomic E-state index is 0.0348. The van der Waals surface area contributed by atoms with Gasteiger partial charge in [0.25, 0.3) is 0 Å². The molecule has 0 aliphatic rings. The summed E-state index contributed by atoms with van der Waals surface area (Å²) >= 11 is 0. The summed E-state index contributed by atoms with van der Waals surface area (Å²) < 4.78 is 18.5. The van der Waals surface area contributed by atoms with E-state index in [-0.39, 0.29) is 16.9 Å². The lowest BCUT2D eigenvalue weighted by molar-refractivity contribution is 0.0696. The summed E-state index contributed by atoms with van der Waals surface area (Å²) in [5.74, 6) is -1.73. The van der Waals surface area contributed by atoms with Gasteiger partial charge < -0.3 is 9.63 Å². The van der Waals surface area contributed by atoms with Crippen molar-refractivity contribution in [1.29, 1.82) is 0 Å². The molecule has 1 aromatic heterocycles. The number of aromatic nitrogens is 1. The molecule has 0 saturated heterocycles. The van der Waals surface area contributed by atoms with Crippen LogP contribution in [0.3, 0.4) is 0 Å². The van der Waals surface area contributed by atoms with Gasteiger partial charge in [0.2, 0.25) is 0 Å². The van der Waals surface area contributed by atoms with Crippen LogP contribution < -0.4 is 0 Å². The Morgan fingerprint density at radius 3 is 2.76 bits per heavy atom. The Balaban J connectivity index is 2.64. The molecule has 0 aliphatic carbocycles. The van der Waals surface area contributed by atoms with Gasteiger partial charge in [-0.3, -0.25) is 0 Å². The largest absolute Gasteiger partial charge is 0.477 e. The Bertz CT molecular complexity index is 563. The fourth-order valence-corrected chi connectivity index (χ4v) is 1.61. The van der Waals surface area contributed by atoms with E-state index in [4.69, 9.17) is 9.63 Å². The van der Waals surface area contributed by atoms with Crippen LogP contribution in [0, 0.1) is 5.82 Å². The van der Waals surface area contributed by atoms with Gasteiger partial charge in [0.1, 0.15) is 11.4 Å². The topological polar surface area (TPSA) is 63.3 Å². The van der Waals surface area contributed by atoms with Gasteiger partial charge in [-0.2, -0.15) is 0 Å². The maximum atomic E-state index is 13.6. The predicted molar refractivity (Wildman–Crippen MR) is 58.2 cm³/mol. The van der Waals surface area contributed by atoms with Gasteiger partial charge in [-0.15, -0.1) is 0 Å². The third kappa shape index (κ3) is 1.91. The van der Waals surface area contributed by atoms with E-state index < -0.39 is 11.8 Å². The molecule has 0 fully saturated rings. The average Bonchev–Trinajstić information content (AvgIpc) is 2.73. The fraction of sp³-hybridized carbons (Fsp3) is 0.167. The zero-order valence-electron chi connectivity index (χ0n) is 9.11. The van der Waals surface area contributed by atoms with Gasteiger partial charge in [-0.05, 0) is 18.6 Å². The summed E-state index contributed by atoms with van der Waals surface area (Å²) in [5, 5.41) is 12.7. The molecule has 0 saturated carbocycles. The Hall–Kier alpha value is -2.17. The lowest BCUT2D eigenvalue weighted by Gasteiger charge is -1.99. The van der Waals surface area contributed by atoms with Crippen molar-refractivity contribution in [1.82, 2.24) is 5.16 Å². The van der Waals surface area contributed by atoms with E-state index in [0.29, 0.717) is 12.1 Å². The van der Waals surface area contributed by atoms with Crippen molar-refractivity contribution in [2.45, 2.75) is 13.3 Å². The Labute approximate surface area is 96.7 Å². The van der Waals surface area contributed by atoms with Crippen LogP contribution in [0.5, 0.6) is 0 Å². The maximum absolute atomic E-state index is 13.6. The number of aromatic carboxylic acids is 1. The first-order valence-electron chi connectivity index (χ1n) is 5.12. The number of nitrogens with zero attached hydrogens (tertiary/aromatic N) is 1. The second kappa shape index (κ2) is 4.37. The van der Waals surface area contributed by atoms with Gasteiger partial charge in [-0.1, -0.05) is 24.2 Å². The first-order chi connectivity index (χ1) is 8.15. The highest BCUT2D eigenvalue weighted by Gasteiger charge is 2.24. The Morgan fingerprint density at radius 1 is 1.47 bits per heavy atom. The summed E-state index contributed by atoms with van der Waals surface area (Å²) in [7, 11) is 0. The van der Waals surface area contributed by atoms with Crippen molar-refractivity contribution < 1.29 is 18.8 Å². The van der Waals surface area contributed by atoms with Crippen LogP contribution in [-0.2, 0) is 6.42 Å². The molecule has 88 valence electrons. The molecule has 1 N–H and O–H groups in total. The van der Waals surface area contributed by atoms with Crippen molar-refractivity contribution in [3.8, 4) is 11.3 Å². The van der Waals surface area contributed by atoms with E-state index in [1.54, 1.807) is 13.0 Å². The van der Waals surface area contributed by atoms with Gasteiger partial charge in [0, 0.05) is 0 Å². The van der Waals surface area contributed by atoms with Crippen LogP contribution in [0.25, 0.3) is 11.3 Å². The molecule has 0 radical (unpaired) electrons. The molecule has 1 aromatic carbocycles. The number of hydrogen-bond acceptors (Lipinski definition) is 3. The molecule has 1 heterocycles. The normalized spacial score (nSPS) is 10.5. The van der Waals surface area contributed by atoms with Gasteiger partial charge in [0.05, 0.1) is 11.3 Å². The number of benzene rings is 1. The van der Waals surface area contributed by atoms with Crippen LogP contribution in [0.2, 0.25) is 0 Å². The van der Waals surface area contributed by atoms with Crippen LogP contribution in [0.1, 0.15) is 23.0 Å². The van der Waals surface area contributed by atoms with E-state index in [9.17, 15) is 9.18 Å². The number of halogens is 1. The summed E-state index contributed by atoms with van der Waals surface area (Å²) in [5.41, 5.74) is 0.352. The third-order valence-electron chi connectivity index (χ3n) is 2.43. The van der Waals surface area contributed by atoms with E-state index in [0.717, 1.165) is 0 Å². The SMILES string of the molecule is CCc1noc(-c2ccccc2F)c1C(=O)O. The van der Waals surface area contributed by atoms with Crippen LogP contribution in [-0.4, -0.2) is 16.2 Å². The maximum Gasteiger partial charge on any atom is 0.341 e. The Morgan fingerprint density at radius 2 is 2.18 bits per heavy atom. The Kier molecular flexibility index (Phi) is 2.91. The molecular weight excluding hydrogens is 225 g/mol. The number of rotatable bonds is 3. The minimum Gasteiger partial charge on any atom is -0.477 e. The number of aryl methyl sites for hydroxylation is 1. The van der Waals surface area contributed by atoms with E-state index >= 15 is 0 Å². The summed E-state index contributed by atoms with van der Waals surface area (Å²) in [6.45, 7) is 1.76. The molecule has 0 atom stereocenters. The van der Waals surface area contributed by atoms with Crippen molar-refractivity contribution in [3.63, 3.8) is 0 Å². The van der Waals surface area contributed by atoms with Crippen LogP contribution >= 0.6 is 0 Å². The molecule has 0 spiro atoms. The monoisotopic (exact) mass is 235 g/mol. The number of carboxylic acids is 1. The van der Waals surface area contributed by atoms with Gasteiger partial charge in [0.15, 0.2) is 5.76 Å². The third-order valence-corrected chi connectivity index (χ3v) is 2.43. The molecule has 0 aliphatic heterocycles. The second-order valence-corrected chi connectivity index (χ2v) is 3.47. The molecule has 0 amide bonds. The molecule has 2 rings (SSSR count). The van der Waals surface area contributed by atoms with E-state index in [1.807, 2.05) is 0 Å². The zero-order valence-corrected chi connectivity index (χ0v) is 9.11. The van der Waals surface area contributed by atoms with Crippen molar-refractivity contribution >= 4 is 5.97 Å². The summed E-state index contributed by atoms with van der Waals surface area (Å²) in [6.07, 6.45) is 0.416. The quantitative estimate of drug-likeness (QED) is 0.888. The summed E-state index contributed by atoms with van der Waals surface area (Å²) in [4.78, 5) is 11.1. The van der Waals surface area contributed by atoms with Gasteiger partial charge >= 0.3 is 5.97 Å². The molecule has 5 heteroatoms. The van der Waals surface area contributed by atoms with Crippen molar-refractivity contribution in [2.24, 2.45) is 0 Å². The number of carboxylic acid groups (broad SMARTS) is 1. The van der Waals surface area contributed by atoms with Crippen molar-refractivity contribution in [2.75, 3.05) is 0 Å². The highest BCUT2D eigenvalue weighted by molar-refractivity contribution is 5.95. The standard InChI is InChI=1S/C12H10FNO3/c1-2-9-10(12(15)16)11(17-14-9)7-5-3-4-6-8(7)13/h3-6H,2H2,1H3,(H,15,16). The van der Waals surface area contributed by atoms with E-state index in [1.165, 1.54) is 18.2 Å². The number of hydrogen-bond donors (Lipinski definition) is 1. The molecule has 0 bridgehead atoms. The summed E-state index contributed by atoms with van der Waals surface area (Å²) in [6, 6.07) is 5.84. The fourth-order valence-electron chi connectivity index (χ4n) is 1.61. The highest BCUT2D eigenvalue weighted by Crippen LogP contribution is 2.28. The minimum atomic E-state index is -1.17. The predicted octanol–water partition coefficient (Wildman–Crippen LogP) is 2.74. The molecule has 0 unspecified atom stereocenters. The lowest BCUT2D eigenvalue weighted by atomic mass is 10.1. The number of carbonyl (C=O) groups is 1. The highest BCUT2D eigenvalue weighted by atomic mass is 19.1. The van der Waals surface area contributed by atoms with Crippen LogP contribution in [0.15, 0.2) is 28.8 Å².